The molecule has 10 nitrogen and oxygen atoms in total. The summed E-state index contributed by atoms with van der Waals surface area (Å²) in [6, 6.07) is 2.76. The van der Waals surface area contributed by atoms with Crippen LogP contribution < -0.4 is 21.3 Å². The Hall–Kier alpha value is -2.79. The Labute approximate surface area is 197 Å². The average Bonchev–Trinajstić information content (AvgIpc) is 3.32. The molecule has 0 aromatic heterocycles. The molecule has 3 amide bonds. The highest BCUT2D eigenvalue weighted by Crippen LogP contribution is 2.12. The van der Waals surface area contributed by atoms with E-state index >= 15 is 0 Å². The number of hydrogen-bond donors (Lipinski definition) is 6. The molecule has 0 spiro atoms. The molecule has 2 rings (SSSR count). The number of carbonyl (C=O) groups is 4. The van der Waals surface area contributed by atoms with Crippen LogP contribution in [0.4, 0.5) is 0 Å². The Kier molecular flexibility index (Phi) is 10.5. The van der Waals surface area contributed by atoms with Gasteiger partial charge in [0.2, 0.25) is 17.7 Å². The number of rotatable bonds is 12. The maximum Gasteiger partial charge on any atom is 0.325 e. The maximum absolute atomic E-state index is 13.1. The number of carboxylic acids is 1. The summed E-state index contributed by atoms with van der Waals surface area (Å²) in [5.41, 5.74) is 0.663. The number of benzene rings is 1. The van der Waals surface area contributed by atoms with Gasteiger partial charge in [-0.05, 0) is 62.4 Å². The summed E-state index contributed by atoms with van der Waals surface area (Å²) >= 11 is 1.53. The van der Waals surface area contributed by atoms with Crippen LogP contribution in [0.25, 0.3) is 0 Å². The smallest absolute Gasteiger partial charge is 0.325 e. The summed E-state index contributed by atoms with van der Waals surface area (Å²) in [4.78, 5) is 49.6. The van der Waals surface area contributed by atoms with E-state index in [2.05, 4.69) is 21.3 Å². The summed E-state index contributed by atoms with van der Waals surface area (Å²) in [7, 11) is 0. The summed E-state index contributed by atoms with van der Waals surface area (Å²) in [6.45, 7) is 2.08. The molecule has 4 unspecified atom stereocenters. The second kappa shape index (κ2) is 13.0. The first kappa shape index (κ1) is 26.5. The molecule has 1 fully saturated rings. The molecule has 1 aromatic rings. The summed E-state index contributed by atoms with van der Waals surface area (Å²) < 4.78 is 0. The molecular formula is C22H32N4O6S. The molecular weight excluding hydrogens is 448 g/mol. The van der Waals surface area contributed by atoms with E-state index in [0.717, 1.165) is 13.0 Å². The lowest BCUT2D eigenvalue weighted by Gasteiger charge is -2.25. The topological polar surface area (TPSA) is 157 Å². The minimum atomic E-state index is -1.20. The number of thioether (sulfide) groups is 1. The van der Waals surface area contributed by atoms with Gasteiger partial charge in [0, 0.05) is 6.42 Å². The van der Waals surface area contributed by atoms with Crippen LogP contribution in [0.5, 0.6) is 5.75 Å². The first-order chi connectivity index (χ1) is 15.7. The van der Waals surface area contributed by atoms with Gasteiger partial charge in [0.05, 0.1) is 6.04 Å². The van der Waals surface area contributed by atoms with Crippen LogP contribution in [-0.2, 0) is 25.6 Å². The van der Waals surface area contributed by atoms with Crippen molar-refractivity contribution in [1.82, 2.24) is 21.3 Å². The van der Waals surface area contributed by atoms with Crippen molar-refractivity contribution in [2.75, 3.05) is 18.6 Å². The van der Waals surface area contributed by atoms with Crippen molar-refractivity contribution in [3.63, 3.8) is 0 Å². The molecule has 1 saturated heterocycles. The van der Waals surface area contributed by atoms with Gasteiger partial charge in [0.25, 0.3) is 0 Å². The number of nitrogens with one attached hydrogen (secondary N) is 4. The fraction of sp³-hybridized carbons (Fsp3) is 0.545. The second-order valence-electron chi connectivity index (χ2n) is 7.99. The van der Waals surface area contributed by atoms with Crippen molar-refractivity contribution < 1.29 is 29.4 Å². The van der Waals surface area contributed by atoms with Gasteiger partial charge in [-0.15, -0.1) is 0 Å². The molecule has 6 N–H and O–H groups in total. The Morgan fingerprint density at radius 1 is 1.09 bits per heavy atom. The highest BCUT2D eigenvalue weighted by molar-refractivity contribution is 7.98. The quantitative estimate of drug-likeness (QED) is 0.244. The van der Waals surface area contributed by atoms with Crippen molar-refractivity contribution in [3.8, 4) is 5.75 Å². The molecule has 0 radical (unpaired) electrons. The van der Waals surface area contributed by atoms with Crippen LogP contribution in [-0.4, -0.2) is 76.6 Å². The van der Waals surface area contributed by atoms with E-state index in [-0.39, 0.29) is 24.1 Å². The molecule has 0 bridgehead atoms. The van der Waals surface area contributed by atoms with Gasteiger partial charge >= 0.3 is 5.97 Å². The Morgan fingerprint density at radius 2 is 1.76 bits per heavy atom. The van der Waals surface area contributed by atoms with Crippen molar-refractivity contribution in [2.24, 2.45) is 0 Å². The Morgan fingerprint density at radius 3 is 2.33 bits per heavy atom. The molecule has 1 aliphatic heterocycles. The van der Waals surface area contributed by atoms with Crippen molar-refractivity contribution in [2.45, 2.75) is 56.8 Å². The van der Waals surface area contributed by atoms with Crippen LogP contribution in [0, 0.1) is 0 Å². The molecule has 0 saturated carbocycles. The normalized spacial score (nSPS) is 18.1. The molecule has 1 heterocycles. The van der Waals surface area contributed by atoms with E-state index in [4.69, 9.17) is 5.11 Å². The van der Waals surface area contributed by atoms with Gasteiger partial charge in [-0.25, -0.2) is 0 Å². The molecule has 0 aliphatic carbocycles. The predicted molar refractivity (Wildman–Crippen MR) is 125 cm³/mol. The molecule has 4 atom stereocenters. The third-order valence-corrected chi connectivity index (χ3v) is 6.00. The zero-order chi connectivity index (χ0) is 24.4. The zero-order valence-electron chi connectivity index (χ0n) is 18.8. The van der Waals surface area contributed by atoms with E-state index < -0.39 is 35.9 Å². The van der Waals surface area contributed by atoms with Crippen molar-refractivity contribution in [1.29, 1.82) is 0 Å². The molecule has 1 aromatic carbocycles. The average molecular weight is 481 g/mol. The van der Waals surface area contributed by atoms with Crippen LogP contribution in [0.2, 0.25) is 0 Å². The second-order valence-corrected chi connectivity index (χ2v) is 8.98. The van der Waals surface area contributed by atoms with Crippen molar-refractivity contribution >= 4 is 35.5 Å². The summed E-state index contributed by atoms with van der Waals surface area (Å²) in [5, 5.41) is 29.5. The first-order valence-electron chi connectivity index (χ1n) is 10.9. The largest absolute Gasteiger partial charge is 0.508 e. The molecule has 182 valence electrons. The van der Waals surface area contributed by atoms with E-state index in [9.17, 15) is 24.3 Å². The lowest BCUT2D eigenvalue weighted by molar-refractivity contribution is -0.141. The predicted octanol–water partition coefficient (Wildman–Crippen LogP) is -0.00130. The summed E-state index contributed by atoms with van der Waals surface area (Å²) in [6.07, 6.45) is 3.93. The number of phenolic OH excluding ortho intramolecular Hbond substituents is 1. The van der Waals surface area contributed by atoms with E-state index in [1.165, 1.54) is 30.8 Å². The third kappa shape index (κ3) is 8.58. The maximum atomic E-state index is 13.1. The lowest BCUT2D eigenvalue weighted by Crippen LogP contribution is -2.57. The number of aromatic hydroxyl groups is 1. The zero-order valence-corrected chi connectivity index (χ0v) is 19.6. The minimum absolute atomic E-state index is 0.0589. The first-order valence-corrected chi connectivity index (χ1v) is 12.2. The fourth-order valence-corrected chi connectivity index (χ4v) is 3.88. The third-order valence-electron chi connectivity index (χ3n) is 5.36. The monoisotopic (exact) mass is 480 g/mol. The van der Waals surface area contributed by atoms with Gasteiger partial charge in [-0.3, -0.25) is 19.2 Å². The number of aliphatic carboxylic acids is 1. The van der Waals surface area contributed by atoms with Gasteiger partial charge < -0.3 is 31.5 Å². The van der Waals surface area contributed by atoms with Crippen LogP contribution >= 0.6 is 11.8 Å². The number of hydrogen-bond acceptors (Lipinski definition) is 7. The van der Waals surface area contributed by atoms with E-state index in [0.29, 0.717) is 24.2 Å². The van der Waals surface area contributed by atoms with Crippen LogP contribution in [0.15, 0.2) is 24.3 Å². The number of carbonyl (C=O) groups excluding carboxylic acids is 3. The summed E-state index contributed by atoms with van der Waals surface area (Å²) in [5.74, 6) is -1.94. The number of phenols is 1. The van der Waals surface area contributed by atoms with Gasteiger partial charge in [-0.1, -0.05) is 12.1 Å². The van der Waals surface area contributed by atoms with Crippen LogP contribution in [0.3, 0.4) is 0 Å². The van der Waals surface area contributed by atoms with Gasteiger partial charge in [0.1, 0.15) is 23.9 Å². The highest BCUT2D eigenvalue weighted by atomic mass is 32.2. The Balaban J connectivity index is 2.15. The van der Waals surface area contributed by atoms with Gasteiger partial charge in [0.15, 0.2) is 0 Å². The minimum Gasteiger partial charge on any atom is -0.508 e. The van der Waals surface area contributed by atoms with E-state index in [1.54, 1.807) is 12.1 Å². The number of carboxylic acid groups (broad SMARTS) is 1. The van der Waals surface area contributed by atoms with Crippen LogP contribution in [0.1, 0.15) is 31.7 Å². The van der Waals surface area contributed by atoms with Gasteiger partial charge in [-0.2, -0.15) is 11.8 Å². The highest BCUT2D eigenvalue weighted by Gasteiger charge is 2.30. The SMILES string of the molecule is CSCCC(NC(=O)C1CCCN1)C(=O)NC(Cc1ccc(O)cc1)C(=O)NC(C)C(=O)O. The lowest BCUT2D eigenvalue weighted by atomic mass is 10.0. The molecule has 1 aliphatic rings. The fourth-order valence-electron chi connectivity index (χ4n) is 3.41. The molecule has 11 heteroatoms. The molecule has 33 heavy (non-hydrogen) atoms. The van der Waals surface area contributed by atoms with E-state index in [1.807, 2.05) is 6.26 Å². The Bertz CT molecular complexity index is 829. The number of amides is 3. The van der Waals surface area contributed by atoms with Crippen molar-refractivity contribution in [3.05, 3.63) is 29.8 Å². The standard InChI is InChI=1S/C22H32N4O6S/c1-13(22(31)32)24-21(30)18(12-14-5-7-15(27)8-6-14)26-20(29)17(9-11-33-2)25-19(28)16-4-3-10-23-16/h5-8,13,16-18,23,27H,3-4,9-12H2,1-2H3,(H,24,30)(H,25,28)(H,26,29)(H,31,32).